The maximum absolute atomic E-state index is 5.96. The van der Waals surface area contributed by atoms with Crippen molar-refractivity contribution in [3.8, 4) is 0 Å². The van der Waals surface area contributed by atoms with E-state index in [-0.39, 0.29) is 5.38 Å². The van der Waals surface area contributed by atoms with Crippen molar-refractivity contribution in [3.63, 3.8) is 0 Å². The number of rotatable bonds is 3. The number of hydrogen-bond acceptors (Lipinski definition) is 1. The zero-order valence-electron chi connectivity index (χ0n) is 9.32. The molecule has 1 aromatic rings. The first-order valence-electron chi connectivity index (χ1n) is 5.94. The Morgan fingerprint density at radius 3 is 2.87 bits per heavy atom. The third-order valence-electron chi connectivity index (χ3n) is 3.10. The summed E-state index contributed by atoms with van der Waals surface area (Å²) in [6.07, 6.45) is 9.67. The minimum Gasteiger partial charge on any atom is -0.269 e. The van der Waals surface area contributed by atoms with Gasteiger partial charge in [-0.1, -0.05) is 19.3 Å². The SMILES string of the molecule is CC(Cl)Cc1ccn(C2CCCCC2)n1. The van der Waals surface area contributed by atoms with Gasteiger partial charge in [-0.3, -0.25) is 4.68 Å². The minimum atomic E-state index is 0.180. The maximum atomic E-state index is 5.96. The fourth-order valence-electron chi connectivity index (χ4n) is 2.32. The van der Waals surface area contributed by atoms with Gasteiger partial charge in [0.15, 0.2) is 0 Å². The molecule has 1 aromatic heterocycles. The maximum Gasteiger partial charge on any atom is 0.0639 e. The molecule has 0 bridgehead atoms. The molecule has 3 heteroatoms. The van der Waals surface area contributed by atoms with Gasteiger partial charge in [-0.05, 0) is 25.8 Å². The number of aromatic nitrogens is 2. The summed E-state index contributed by atoms with van der Waals surface area (Å²) in [6.45, 7) is 2.02. The van der Waals surface area contributed by atoms with E-state index >= 15 is 0 Å². The summed E-state index contributed by atoms with van der Waals surface area (Å²) in [5.74, 6) is 0. The normalized spacial score (nSPS) is 20.4. The predicted molar refractivity (Wildman–Crippen MR) is 63.4 cm³/mol. The second kappa shape index (κ2) is 5.02. The third-order valence-corrected chi connectivity index (χ3v) is 3.26. The Bertz CT molecular complexity index is 300. The van der Waals surface area contributed by atoms with Crippen LogP contribution in [0.2, 0.25) is 0 Å². The first-order chi connectivity index (χ1) is 7.25. The molecule has 1 atom stereocenters. The van der Waals surface area contributed by atoms with Crippen LogP contribution in [0.15, 0.2) is 12.3 Å². The summed E-state index contributed by atoms with van der Waals surface area (Å²) in [5.41, 5.74) is 1.13. The zero-order valence-corrected chi connectivity index (χ0v) is 10.1. The fraction of sp³-hybridized carbons (Fsp3) is 0.750. The van der Waals surface area contributed by atoms with Crippen molar-refractivity contribution >= 4 is 11.6 Å². The Morgan fingerprint density at radius 2 is 2.20 bits per heavy atom. The molecule has 1 fully saturated rings. The van der Waals surface area contributed by atoms with E-state index in [2.05, 4.69) is 22.0 Å². The second-order valence-corrected chi connectivity index (χ2v) is 5.31. The van der Waals surface area contributed by atoms with Crippen molar-refractivity contribution in [2.45, 2.75) is 56.9 Å². The van der Waals surface area contributed by atoms with Crippen molar-refractivity contribution < 1.29 is 0 Å². The molecule has 0 aromatic carbocycles. The van der Waals surface area contributed by atoms with Gasteiger partial charge in [0.05, 0.1) is 11.7 Å². The van der Waals surface area contributed by atoms with Crippen molar-refractivity contribution in [1.82, 2.24) is 9.78 Å². The standard InChI is InChI=1S/C12H19ClN2/c1-10(13)9-11-7-8-15(14-11)12-5-3-2-4-6-12/h7-8,10,12H,2-6,9H2,1H3. The molecule has 1 aliphatic rings. The summed E-state index contributed by atoms with van der Waals surface area (Å²) < 4.78 is 2.15. The minimum absolute atomic E-state index is 0.180. The van der Waals surface area contributed by atoms with Gasteiger partial charge in [-0.15, -0.1) is 11.6 Å². The highest BCUT2D eigenvalue weighted by Gasteiger charge is 2.16. The summed E-state index contributed by atoms with van der Waals surface area (Å²) >= 11 is 5.96. The number of halogens is 1. The fourth-order valence-corrected chi connectivity index (χ4v) is 2.48. The van der Waals surface area contributed by atoms with Gasteiger partial charge in [0.25, 0.3) is 0 Å². The van der Waals surface area contributed by atoms with Crippen LogP contribution in [0, 0.1) is 0 Å². The lowest BCUT2D eigenvalue weighted by Gasteiger charge is -2.21. The molecule has 0 aliphatic heterocycles. The molecule has 0 radical (unpaired) electrons. The van der Waals surface area contributed by atoms with Gasteiger partial charge in [-0.2, -0.15) is 5.10 Å². The number of alkyl halides is 1. The summed E-state index contributed by atoms with van der Waals surface area (Å²) in [7, 11) is 0. The molecule has 1 saturated carbocycles. The summed E-state index contributed by atoms with van der Waals surface area (Å²) in [6, 6.07) is 2.74. The van der Waals surface area contributed by atoms with E-state index in [9.17, 15) is 0 Å². The first kappa shape index (κ1) is 11.0. The van der Waals surface area contributed by atoms with Crippen LogP contribution < -0.4 is 0 Å². The zero-order chi connectivity index (χ0) is 10.7. The topological polar surface area (TPSA) is 17.8 Å². The lowest BCUT2D eigenvalue weighted by atomic mass is 9.96. The molecule has 2 nitrogen and oxygen atoms in total. The molecule has 15 heavy (non-hydrogen) atoms. The number of hydrogen-bond donors (Lipinski definition) is 0. The Kier molecular flexibility index (Phi) is 3.68. The van der Waals surface area contributed by atoms with E-state index in [0.717, 1.165) is 12.1 Å². The average Bonchev–Trinajstić information content (AvgIpc) is 2.67. The Labute approximate surface area is 96.6 Å². The molecule has 0 N–H and O–H groups in total. The lowest BCUT2D eigenvalue weighted by Crippen LogP contribution is -2.13. The number of nitrogens with zero attached hydrogens (tertiary/aromatic N) is 2. The summed E-state index contributed by atoms with van der Waals surface area (Å²) in [4.78, 5) is 0. The highest BCUT2D eigenvalue weighted by molar-refractivity contribution is 6.20. The van der Waals surface area contributed by atoms with Crippen molar-refractivity contribution in [2.75, 3.05) is 0 Å². The van der Waals surface area contributed by atoms with E-state index in [1.54, 1.807) is 0 Å². The highest BCUT2D eigenvalue weighted by atomic mass is 35.5. The molecular formula is C12H19ClN2. The van der Waals surface area contributed by atoms with Crippen LogP contribution in [0.25, 0.3) is 0 Å². The van der Waals surface area contributed by atoms with Crippen LogP contribution >= 0.6 is 11.6 Å². The van der Waals surface area contributed by atoms with E-state index in [4.69, 9.17) is 11.6 Å². The summed E-state index contributed by atoms with van der Waals surface area (Å²) in [5, 5.41) is 4.79. The molecule has 1 unspecified atom stereocenters. The monoisotopic (exact) mass is 226 g/mol. The third kappa shape index (κ3) is 2.97. The van der Waals surface area contributed by atoms with E-state index < -0.39 is 0 Å². The van der Waals surface area contributed by atoms with Gasteiger partial charge in [0, 0.05) is 18.0 Å². The molecule has 1 heterocycles. The molecule has 2 rings (SSSR count). The first-order valence-corrected chi connectivity index (χ1v) is 6.37. The van der Waals surface area contributed by atoms with E-state index in [1.165, 1.54) is 32.1 Å². The van der Waals surface area contributed by atoms with Gasteiger partial charge in [0.1, 0.15) is 0 Å². The molecular weight excluding hydrogens is 208 g/mol. The molecule has 84 valence electrons. The van der Waals surface area contributed by atoms with Crippen molar-refractivity contribution in [1.29, 1.82) is 0 Å². The van der Waals surface area contributed by atoms with Gasteiger partial charge >= 0.3 is 0 Å². The highest BCUT2D eigenvalue weighted by Crippen LogP contribution is 2.27. The van der Waals surface area contributed by atoms with E-state index in [0.29, 0.717) is 6.04 Å². The van der Waals surface area contributed by atoms with Gasteiger partial charge in [0.2, 0.25) is 0 Å². The van der Waals surface area contributed by atoms with Crippen LogP contribution in [0.1, 0.15) is 50.8 Å². The largest absolute Gasteiger partial charge is 0.269 e. The lowest BCUT2D eigenvalue weighted by molar-refractivity contribution is 0.328. The van der Waals surface area contributed by atoms with Crippen LogP contribution in [-0.2, 0) is 6.42 Å². The predicted octanol–water partition coefficient (Wildman–Crippen LogP) is 3.56. The van der Waals surface area contributed by atoms with Crippen LogP contribution in [-0.4, -0.2) is 15.2 Å². The van der Waals surface area contributed by atoms with Crippen LogP contribution in [0.3, 0.4) is 0 Å². The molecule has 0 saturated heterocycles. The van der Waals surface area contributed by atoms with Crippen LogP contribution in [0.4, 0.5) is 0 Å². The average molecular weight is 227 g/mol. The smallest absolute Gasteiger partial charge is 0.0639 e. The molecule has 1 aliphatic carbocycles. The second-order valence-electron chi connectivity index (χ2n) is 4.56. The molecule has 0 spiro atoms. The Hall–Kier alpha value is -0.500. The van der Waals surface area contributed by atoms with Crippen molar-refractivity contribution in [3.05, 3.63) is 18.0 Å². The van der Waals surface area contributed by atoms with Gasteiger partial charge in [-0.25, -0.2) is 0 Å². The van der Waals surface area contributed by atoms with E-state index in [1.807, 2.05) is 6.92 Å². The quantitative estimate of drug-likeness (QED) is 0.721. The van der Waals surface area contributed by atoms with Gasteiger partial charge < -0.3 is 0 Å². The van der Waals surface area contributed by atoms with Crippen molar-refractivity contribution in [2.24, 2.45) is 0 Å². The Morgan fingerprint density at radius 1 is 1.47 bits per heavy atom. The molecule has 0 amide bonds. The van der Waals surface area contributed by atoms with Crippen LogP contribution in [0.5, 0.6) is 0 Å². The Balaban J connectivity index is 1.99.